The SMILES string of the molecule is C=CCC[C@@](CC)(CC(=O)OC)N[S@+]([O-])C(C)(C)C. The van der Waals surface area contributed by atoms with Gasteiger partial charge in [0.25, 0.3) is 0 Å². The summed E-state index contributed by atoms with van der Waals surface area (Å²) in [5.74, 6) is -0.288. The van der Waals surface area contributed by atoms with E-state index in [9.17, 15) is 9.35 Å². The fourth-order valence-electron chi connectivity index (χ4n) is 1.63. The van der Waals surface area contributed by atoms with Crippen LogP contribution in [0.15, 0.2) is 12.7 Å². The van der Waals surface area contributed by atoms with Crippen LogP contribution in [0.25, 0.3) is 0 Å². The van der Waals surface area contributed by atoms with E-state index in [0.29, 0.717) is 12.8 Å². The number of hydrogen-bond donors (Lipinski definition) is 1. The second-order valence-electron chi connectivity index (χ2n) is 5.70. The Labute approximate surface area is 120 Å². The lowest BCUT2D eigenvalue weighted by atomic mass is 9.88. The van der Waals surface area contributed by atoms with Gasteiger partial charge in [0.15, 0.2) is 0 Å². The van der Waals surface area contributed by atoms with Gasteiger partial charge in [-0.1, -0.05) is 13.0 Å². The molecule has 0 spiro atoms. The standard InChI is InChI=1S/C14H27NO3S/c1-7-9-10-14(8-2,11-12(16)18-6)15-19(17)13(3,4)5/h7,15H,1,8-11H2,2-6H3/t14-,19+/m0/s1. The Morgan fingerprint density at radius 3 is 2.42 bits per heavy atom. The average Bonchev–Trinajstić information content (AvgIpc) is 2.34. The largest absolute Gasteiger partial charge is 0.598 e. The summed E-state index contributed by atoms with van der Waals surface area (Å²) in [6.45, 7) is 11.4. The van der Waals surface area contributed by atoms with Gasteiger partial charge >= 0.3 is 5.97 Å². The van der Waals surface area contributed by atoms with Crippen molar-refractivity contribution in [3.63, 3.8) is 0 Å². The molecule has 4 nitrogen and oxygen atoms in total. The maximum absolute atomic E-state index is 12.3. The molecule has 0 aromatic carbocycles. The summed E-state index contributed by atoms with van der Waals surface area (Å²) >= 11 is -1.22. The molecule has 1 N–H and O–H groups in total. The van der Waals surface area contributed by atoms with Gasteiger partial charge in [-0.2, -0.15) is 0 Å². The lowest BCUT2D eigenvalue weighted by Crippen LogP contribution is -2.54. The first-order chi connectivity index (χ1) is 8.70. The highest BCUT2D eigenvalue weighted by Gasteiger charge is 2.39. The third kappa shape index (κ3) is 6.45. The van der Waals surface area contributed by atoms with Crippen LogP contribution in [0.5, 0.6) is 0 Å². The number of carbonyl (C=O) groups is 1. The first-order valence-corrected chi connectivity index (χ1v) is 7.73. The van der Waals surface area contributed by atoms with E-state index in [1.807, 2.05) is 33.8 Å². The van der Waals surface area contributed by atoms with Crippen LogP contribution in [0, 0.1) is 0 Å². The van der Waals surface area contributed by atoms with Crippen molar-refractivity contribution in [1.82, 2.24) is 4.72 Å². The van der Waals surface area contributed by atoms with Crippen LogP contribution in [0.1, 0.15) is 53.4 Å². The van der Waals surface area contributed by atoms with Crippen molar-refractivity contribution in [2.75, 3.05) is 7.11 Å². The zero-order valence-electron chi connectivity index (χ0n) is 12.7. The number of methoxy groups -OCH3 is 1. The molecule has 0 amide bonds. The fourth-order valence-corrected chi connectivity index (χ4v) is 2.64. The van der Waals surface area contributed by atoms with E-state index >= 15 is 0 Å². The summed E-state index contributed by atoms with van der Waals surface area (Å²) in [4.78, 5) is 11.6. The van der Waals surface area contributed by atoms with Gasteiger partial charge < -0.3 is 9.29 Å². The number of ether oxygens (including phenoxy) is 1. The summed E-state index contributed by atoms with van der Waals surface area (Å²) in [6.07, 6.45) is 4.21. The molecule has 5 heteroatoms. The second-order valence-corrected chi connectivity index (χ2v) is 7.66. The highest BCUT2D eigenvalue weighted by Crippen LogP contribution is 2.27. The maximum atomic E-state index is 12.3. The second kappa shape index (κ2) is 7.92. The van der Waals surface area contributed by atoms with Gasteiger partial charge in [0, 0.05) is 11.4 Å². The fraction of sp³-hybridized carbons (Fsp3) is 0.786. The summed E-state index contributed by atoms with van der Waals surface area (Å²) in [5.41, 5.74) is -0.501. The zero-order chi connectivity index (χ0) is 15.1. The quantitative estimate of drug-likeness (QED) is 0.424. The van der Waals surface area contributed by atoms with Crippen LogP contribution in [-0.4, -0.2) is 27.9 Å². The van der Waals surface area contributed by atoms with Crippen LogP contribution in [0.4, 0.5) is 0 Å². The van der Waals surface area contributed by atoms with Gasteiger partial charge in [-0.25, -0.2) is 0 Å². The van der Waals surface area contributed by atoms with Crippen LogP contribution in [0.2, 0.25) is 0 Å². The Kier molecular flexibility index (Phi) is 7.71. The smallest absolute Gasteiger partial charge is 0.307 e. The molecule has 0 aliphatic carbocycles. The number of rotatable bonds is 8. The molecule has 0 bridgehead atoms. The van der Waals surface area contributed by atoms with Gasteiger partial charge in [-0.15, -0.1) is 11.3 Å². The number of esters is 1. The molecule has 112 valence electrons. The van der Waals surface area contributed by atoms with Gasteiger partial charge in [-0.05, 0) is 40.0 Å². The first-order valence-electron chi connectivity index (χ1n) is 6.58. The maximum Gasteiger partial charge on any atom is 0.307 e. The van der Waals surface area contributed by atoms with E-state index in [2.05, 4.69) is 11.3 Å². The summed E-state index contributed by atoms with van der Waals surface area (Å²) in [6, 6.07) is 0. The Morgan fingerprint density at radius 2 is 2.05 bits per heavy atom. The normalized spacial score (nSPS) is 16.5. The molecule has 0 heterocycles. The highest BCUT2D eigenvalue weighted by molar-refractivity contribution is 7.90. The molecule has 0 radical (unpaired) electrons. The van der Waals surface area contributed by atoms with Gasteiger partial charge in [0.1, 0.15) is 4.75 Å². The van der Waals surface area contributed by atoms with Gasteiger partial charge in [-0.3, -0.25) is 4.79 Å². The van der Waals surface area contributed by atoms with Crippen LogP contribution < -0.4 is 4.72 Å². The lowest BCUT2D eigenvalue weighted by Gasteiger charge is -2.36. The first kappa shape index (κ1) is 18.5. The Bertz CT molecular complexity index is 302. The summed E-state index contributed by atoms with van der Waals surface area (Å²) in [5, 5.41) is 0. The Hall–Kier alpha value is -0.520. The molecule has 2 atom stereocenters. The van der Waals surface area contributed by atoms with Crippen molar-refractivity contribution < 1.29 is 14.1 Å². The number of hydrogen-bond acceptors (Lipinski definition) is 4. The lowest BCUT2D eigenvalue weighted by molar-refractivity contribution is -0.142. The molecular formula is C14H27NO3S. The van der Waals surface area contributed by atoms with E-state index in [-0.39, 0.29) is 17.1 Å². The minimum absolute atomic E-state index is 0.218. The van der Waals surface area contributed by atoms with Crippen LogP contribution >= 0.6 is 0 Å². The molecule has 19 heavy (non-hydrogen) atoms. The molecule has 0 aromatic heterocycles. The van der Waals surface area contributed by atoms with Crippen LogP contribution in [0.3, 0.4) is 0 Å². The summed E-state index contributed by atoms with van der Waals surface area (Å²) < 4.78 is 19.8. The average molecular weight is 289 g/mol. The molecular weight excluding hydrogens is 262 g/mol. The number of carbonyl (C=O) groups excluding carboxylic acids is 1. The number of allylic oxidation sites excluding steroid dienone is 1. The Morgan fingerprint density at radius 1 is 1.47 bits per heavy atom. The minimum Gasteiger partial charge on any atom is -0.598 e. The van der Waals surface area contributed by atoms with Gasteiger partial charge in [0.05, 0.1) is 19.1 Å². The van der Waals surface area contributed by atoms with Crippen LogP contribution in [-0.2, 0) is 20.9 Å². The summed E-state index contributed by atoms with van der Waals surface area (Å²) in [7, 11) is 1.37. The van der Waals surface area contributed by atoms with Crippen molar-refractivity contribution in [1.29, 1.82) is 0 Å². The Balaban J connectivity index is 5.00. The predicted octanol–water partition coefficient (Wildman–Crippen LogP) is 2.72. The topological polar surface area (TPSA) is 61.4 Å². The van der Waals surface area contributed by atoms with Crippen molar-refractivity contribution in [2.45, 2.75) is 63.7 Å². The number of nitrogens with one attached hydrogen (secondary N) is 1. The molecule has 0 unspecified atom stereocenters. The van der Waals surface area contributed by atoms with E-state index < -0.39 is 16.9 Å². The molecule has 0 aliphatic heterocycles. The molecule has 0 fully saturated rings. The molecule has 0 rings (SSSR count). The third-order valence-corrected chi connectivity index (χ3v) is 4.81. The van der Waals surface area contributed by atoms with Crippen molar-refractivity contribution in [3.05, 3.63) is 12.7 Å². The van der Waals surface area contributed by atoms with E-state index in [1.165, 1.54) is 7.11 Å². The molecule has 0 saturated heterocycles. The zero-order valence-corrected chi connectivity index (χ0v) is 13.6. The van der Waals surface area contributed by atoms with Crippen molar-refractivity contribution in [2.24, 2.45) is 0 Å². The van der Waals surface area contributed by atoms with Crippen molar-refractivity contribution in [3.8, 4) is 0 Å². The third-order valence-electron chi connectivity index (χ3n) is 3.08. The monoisotopic (exact) mass is 289 g/mol. The predicted molar refractivity (Wildman–Crippen MR) is 80.1 cm³/mol. The highest BCUT2D eigenvalue weighted by atomic mass is 32.2. The molecule has 0 aromatic rings. The van der Waals surface area contributed by atoms with Gasteiger partial charge in [0.2, 0.25) is 0 Å². The van der Waals surface area contributed by atoms with E-state index in [0.717, 1.165) is 6.42 Å². The molecule has 0 saturated carbocycles. The molecule has 0 aliphatic rings. The van der Waals surface area contributed by atoms with E-state index in [1.54, 1.807) is 0 Å². The van der Waals surface area contributed by atoms with Crippen molar-refractivity contribution >= 4 is 17.3 Å². The minimum atomic E-state index is -1.22. The van der Waals surface area contributed by atoms with E-state index in [4.69, 9.17) is 4.74 Å².